The molecule has 1 aliphatic rings. The summed E-state index contributed by atoms with van der Waals surface area (Å²) in [5.41, 5.74) is -0.958. The van der Waals surface area contributed by atoms with Gasteiger partial charge >= 0.3 is 6.18 Å². The lowest BCUT2D eigenvalue weighted by Crippen LogP contribution is -2.44. The van der Waals surface area contributed by atoms with Gasteiger partial charge in [0.2, 0.25) is 5.91 Å². The fraction of sp³-hybridized carbons (Fsp3) is 0.417. The van der Waals surface area contributed by atoms with Crippen molar-refractivity contribution in [1.29, 1.82) is 0 Å². The van der Waals surface area contributed by atoms with E-state index in [-0.39, 0.29) is 28.4 Å². The molecule has 0 bridgehead atoms. The molecule has 1 aliphatic heterocycles. The van der Waals surface area contributed by atoms with E-state index < -0.39 is 23.2 Å². The number of hydrogen-bond acceptors (Lipinski definition) is 5. The number of aryl methyl sites for hydroxylation is 1. The number of hydrogen-bond donors (Lipinski definition) is 1. The Morgan fingerprint density at radius 3 is 2.54 bits per heavy atom. The van der Waals surface area contributed by atoms with Gasteiger partial charge in [0.1, 0.15) is 11.4 Å². The number of amides is 2. The number of halogens is 3. The first-order chi connectivity index (χ1) is 16.4. The van der Waals surface area contributed by atoms with Crippen LogP contribution in [0.2, 0.25) is 0 Å². The molecule has 0 saturated carbocycles. The summed E-state index contributed by atoms with van der Waals surface area (Å²) in [4.78, 5) is 45.4. The van der Waals surface area contributed by atoms with E-state index in [1.807, 2.05) is 0 Å². The molecule has 2 unspecified atom stereocenters. The molecular formula is C24H25F3N4O3S. The number of anilines is 1. The van der Waals surface area contributed by atoms with E-state index >= 15 is 0 Å². The molecule has 7 nitrogen and oxygen atoms in total. The van der Waals surface area contributed by atoms with Crippen molar-refractivity contribution in [2.45, 2.75) is 39.9 Å². The molecule has 1 fully saturated rings. The van der Waals surface area contributed by atoms with Gasteiger partial charge in [0, 0.05) is 18.8 Å². The Morgan fingerprint density at radius 1 is 1.20 bits per heavy atom. The summed E-state index contributed by atoms with van der Waals surface area (Å²) in [6, 6.07) is 4.32. The highest BCUT2D eigenvalue weighted by Crippen LogP contribution is 2.32. The number of nitrogens with zero attached hydrogens (tertiary/aromatic N) is 3. The molecule has 2 atom stereocenters. The van der Waals surface area contributed by atoms with Crippen molar-refractivity contribution in [3.05, 3.63) is 57.0 Å². The van der Waals surface area contributed by atoms with Gasteiger partial charge in [-0.3, -0.25) is 19.0 Å². The monoisotopic (exact) mass is 506 g/mol. The predicted molar refractivity (Wildman–Crippen MR) is 128 cm³/mol. The van der Waals surface area contributed by atoms with Crippen molar-refractivity contribution in [2.24, 2.45) is 11.8 Å². The van der Waals surface area contributed by atoms with Crippen LogP contribution in [-0.2, 0) is 17.5 Å². The largest absolute Gasteiger partial charge is 0.416 e. The second-order valence-corrected chi connectivity index (χ2v) is 10.2. The average Bonchev–Trinajstić information content (AvgIpc) is 3.12. The Kier molecular flexibility index (Phi) is 6.72. The number of nitrogens with one attached hydrogen (secondary N) is 1. The molecule has 2 amide bonds. The van der Waals surface area contributed by atoms with Crippen LogP contribution in [0.15, 0.2) is 35.4 Å². The summed E-state index contributed by atoms with van der Waals surface area (Å²) < 4.78 is 40.2. The molecule has 186 valence electrons. The van der Waals surface area contributed by atoms with Crippen LogP contribution in [0, 0.1) is 18.8 Å². The molecule has 1 saturated heterocycles. The van der Waals surface area contributed by atoms with Crippen LogP contribution in [0.3, 0.4) is 0 Å². The van der Waals surface area contributed by atoms with Gasteiger partial charge in [0.15, 0.2) is 0 Å². The number of piperidine rings is 1. The summed E-state index contributed by atoms with van der Waals surface area (Å²) in [7, 11) is 0. The van der Waals surface area contributed by atoms with Crippen LogP contribution < -0.4 is 10.9 Å². The van der Waals surface area contributed by atoms with Crippen LogP contribution in [-0.4, -0.2) is 39.4 Å². The zero-order valence-electron chi connectivity index (χ0n) is 19.5. The zero-order chi connectivity index (χ0) is 25.5. The van der Waals surface area contributed by atoms with Gasteiger partial charge in [-0.15, -0.1) is 11.3 Å². The lowest BCUT2D eigenvalue weighted by Gasteiger charge is -2.35. The fourth-order valence-corrected chi connectivity index (χ4v) is 5.60. The first kappa shape index (κ1) is 24.9. The van der Waals surface area contributed by atoms with Gasteiger partial charge in [0.25, 0.3) is 11.5 Å². The summed E-state index contributed by atoms with van der Waals surface area (Å²) in [6.07, 6.45) is -2.19. The Labute approximate surface area is 203 Å². The van der Waals surface area contributed by atoms with Crippen LogP contribution in [0.25, 0.3) is 10.2 Å². The van der Waals surface area contributed by atoms with Gasteiger partial charge in [-0.05, 0) is 48.9 Å². The van der Waals surface area contributed by atoms with Crippen LogP contribution in [0.5, 0.6) is 0 Å². The van der Waals surface area contributed by atoms with Gasteiger partial charge < -0.3 is 10.2 Å². The highest BCUT2D eigenvalue weighted by atomic mass is 32.1. The average molecular weight is 507 g/mol. The number of rotatable bonds is 4. The number of aromatic nitrogens is 2. The maximum atomic E-state index is 13.1. The number of carbonyl (C=O) groups excluding carboxylic acids is 2. The molecule has 11 heteroatoms. The van der Waals surface area contributed by atoms with Gasteiger partial charge in [0.05, 0.1) is 22.2 Å². The molecular weight excluding hydrogens is 481 g/mol. The van der Waals surface area contributed by atoms with Crippen LogP contribution in [0.4, 0.5) is 18.9 Å². The topological polar surface area (TPSA) is 84.3 Å². The first-order valence-corrected chi connectivity index (χ1v) is 12.0. The standard InChI is InChI=1S/C24H25F3N4O3S/c1-13-7-14(2)10-30(9-13)18(32)11-31-12-28-22-19(23(31)34)15(3)20(35-22)21(33)29-17-6-4-5-16(8-17)24(25,26)27/h4-6,8,12-14H,7,9-11H2,1-3H3,(H,29,33). The summed E-state index contributed by atoms with van der Waals surface area (Å²) in [5, 5.41) is 2.69. The zero-order valence-corrected chi connectivity index (χ0v) is 20.3. The Balaban J connectivity index is 1.58. The van der Waals surface area contributed by atoms with E-state index in [9.17, 15) is 27.6 Å². The third-order valence-corrected chi connectivity index (χ3v) is 7.30. The molecule has 0 radical (unpaired) electrons. The third-order valence-electron chi connectivity index (χ3n) is 6.10. The number of fused-ring (bicyclic) bond motifs is 1. The third kappa shape index (κ3) is 5.24. The van der Waals surface area contributed by atoms with E-state index in [0.29, 0.717) is 35.3 Å². The molecule has 1 N–H and O–H groups in total. The summed E-state index contributed by atoms with van der Waals surface area (Å²) >= 11 is 0.977. The first-order valence-electron chi connectivity index (χ1n) is 11.2. The summed E-state index contributed by atoms with van der Waals surface area (Å²) in [6.45, 7) is 6.91. The normalized spacial score (nSPS) is 18.6. The Hall–Kier alpha value is -3.21. The van der Waals surface area contributed by atoms with Gasteiger partial charge in [-0.25, -0.2) is 4.98 Å². The van der Waals surface area contributed by atoms with E-state index in [4.69, 9.17) is 0 Å². The maximum absolute atomic E-state index is 13.1. The molecule has 0 aliphatic carbocycles. The predicted octanol–water partition coefficient (Wildman–Crippen LogP) is 4.54. The van der Waals surface area contributed by atoms with Crippen molar-refractivity contribution in [2.75, 3.05) is 18.4 Å². The van der Waals surface area contributed by atoms with Crippen LogP contribution >= 0.6 is 11.3 Å². The van der Waals surface area contributed by atoms with Crippen molar-refractivity contribution < 1.29 is 22.8 Å². The van der Waals surface area contributed by atoms with Crippen LogP contribution in [0.1, 0.15) is 41.1 Å². The highest BCUT2D eigenvalue weighted by molar-refractivity contribution is 7.20. The Morgan fingerprint density at radius 2 is 1.89 bits per heavy atom. The maximum Gasteiger partial charge on any atom is 0.416 e. The number of carbonyl (C=O) groups is 2. The second kappa shape index (κ2) is 9.44. The minimum Gasteiger partial charge on any atom is -0.341 e. The SMILES string of the molecule is Cc1c(C(=O)Nc2cccc(C(F)(F)F)c2)sc2ncn(CC(=O)N3CC(C)CC(C)C3)c(=O)c12. The fourth-order valence-electron chi connectivity index (χ4n) is 4.56. The number of thiophene rings is 1. The van der Waals surface area contributed by atoms with Gasteiger partial charge in [-0.2, -0.15) is 13.2 Å². The van der Waals surface area contributed by atoms with E-state index in [0.717, 1.165) is 29.9 Å². The highest BCUT2D eigenvalue weighted by Gasteiger charge is 2.31. The quantitative estimate of drug-likeness (QED) is 0.563. The smallest absolute Gasteiger partial charge is 0.341 e. The van der Waals surface area contributed by atoms with E-state index in [1.165, 1.54) is 23.0 Å². The molecule has 0 spiro atoms. The summed E-state index contributed by atoms with van der Waals surface area (Å²) in [5.74, 6) is -0.0285. The lowest BCUT2D eigenvalue weighted by molar-refractivity contribution is -0.137. The van der Waals surface area contributed by atoms with Crippen molar-refractivity contribution >= 4 is 39.1 Å². The molecule has 3 heterocycles. The minimum absolute atomic E-state index is 0.0114. The second-order valence-electron chi connectivity index (χ2n) is 9.19. The van der Waals surface area contributed by atoms with Crippen molar-refractivity contribution in [3.63, 3.8) is 0 Å². The Bertz CT molecular complexity index is 1340. The molecule has 35 heavy (non-hydrogen) atoms. The van der Waals surface area contributed by atoms with Gasteiger partial charge in [-0.1, -0.05) is 19.9 Å². The number of likely N-dealkylation sites (tertiary alicyclic amines) is 1. The van der Waals surface area contributed by atoms with E-state index in [1.54, 1.807) is 11.8 Å². The lowest BCUT2D eigenvalue weighted by atomic mass is 9.92. The molecule has 3 aromatic rings. The molecule has 4 rings (SSSR count). The number of benzene rings is 1. The van der Waals surface area contributed by atoms with Crippen molar-refractivity contribution in [1.82, 2.24) is 14.5 Å². The van der Waals surface area contributed by atoms with Crippen molar-refractivity contribution in [3.8, 4) is 0 Å². The number of alkyl halides is 3. The molecule has 2 aromatic heterocycles. The molecule has 1 aromatic carbocycles. The van der Waals surface area contributed by atoms with E-state index in [2.05, 4.69) is 24.1 Å². The minimum atomic E-state index is -4.54.